The molecule has 3 rings (SSSR count). The number of thiazole rings is 1. The normalized spacial score (nSPS) is 12.0. The molecule has 0 radical (unpaired) electrons. The molecule has 1 aromatic heterocycles. The van der Waals surface area contributed by atoms with E-state index >= 15 is 0 Å². The van der Waals surface area contributed by atoms with Gasteiger partial charge in [0.05, 0.1) is 26.9 Å². The lowest BCUT2D eigenvalue weighted by Gasteiger charge is -2.04. The smallest absolute Gasteiger partial charge is 0.152 e. The molecule has 0 bridgehead atoms. The largest absolute Gasteiger partial charge is 0.304 e. The number of benzene rings is 2. The Labute approximate surface area is 143 Å². The van der Waals surface area contributed by atoms with Gasteiger partial charge in [-0.3, -0.25) is 0 Å². The van der Waals surface area contributed by atoms with Crippen molar-refractivity contribution in [2.24, 2.45) is 0 Å². The number of anilines is 1. The van der Waals surface area contributed by atoms with Gasteiger partial charge in [0.2, 0.25) is 0 Å². The van der Waals surface area contributed by atoms with Crippen LogP contribution in [0.15, 0.2) is 46.8 Å². The summed E-state index contributed by atoms with van der Waals surface area (Å²) in [4.78, 5) is 4.44. The summed E-state index contributed by atoms with van der Waals surface area (Å²) in [7, 11) is -1.30. The average Bonchev–Trinajstić information content (AvgIpc) is 2.97. The molecule has 23 heavy (non-hydrogen) atoms. The Balaban J connectivity index is 1.62. The van der Waals surface area contributed by atoms with Crippen molar-refractivity contribution in [1.29, 1.82) is 5.26 Å². The number of hydrogen-bond donors (Lipinski definition) is 1. The summed E-state index contributed by atoms with van der Waals surface area (Å²) >= 11 is 2.84. The molecule has 0 saturated carbocycles. The van der Waals surface area contributed by atoms with E-state index < -0.39 is 11.0 Å². The van der Waals surface area contributed by atoms with Crippen molar-refractivity contribution in [3.05, 3.63) is 53.8 Å². The highest BCUT2D eigenvalue weighted by Gasteiger charge is 2.08. The summed E-state index contributed by atoms with van der Waals surface area (Å²) < 4.78 is 29.4. The first-order valence-electron chi connectivity index (χ1n) is 6.48. The molecule has 0 saturated heterocycles. The van der Waals surface area contributed by atoms with Crippen molar-refractivity contribution in [2.45, 2.75) is 4.34 Å². The van der Waals surface area contributed by atoms with Gasteiger partial charge in [-0.25, -0.2) is 13.6 Å². The fourth-order valence-electron chi connectivity index (χ4n) is 1.82. The van der Waals surface area contributed by atoms with E-state index in [1.165, 1.54) is 35.2 Å². The number of aromatic nitrogens is 1. The number of nitrogens with zero attached hydrogens (tertiary/aromatic N) is 2. The fraction of sp³-hybridized carbons (Fsp3) is 0.0667. The molecule has 8 heteroatoms. The van der Waals surface area contributed by atoms with Crippen molar-refractivity contribution >= 4 is 50.0 Å². The molecule has 0 aliphatic heterocycles. The van der Waals surface area contributed by atoms with Gasteiger partial charge in [-0.05, 0) is 42.5 Å². The highest BCUT2D eigenvalue weighted by Crippen LogP contribution is 2.30. The zero-order valence-corrected chi connectivity index (χ0v) is 14.1. The maximum atomic E-state index is 12.8. The molecule has 2 aromatic carbocycles. The van der Waals surface area contributed by atoms with Crippen LogP contribution in [0.25, 0.3) is 10.2 Å². The SMILES string of the molecule is N#Cc1ccc2nc(SCS(=O)Nc3ccc(F)cc3)sc2c1. The number of halogens is 1. The third-order valence-electron chi connectivity index (χ3n) is 2.86. The molecule has 4 nitrogen and oxygen atoms in total. The lowest BCUT2D eigenvalue weighted by Crippen LogP contribution is -2.06. The van der Waals surface area contributed by atoms with Gasteiger partial charge in [0.25, 0.3) is 0 Å². The zero-order valence-electron chi connectivity index (χ0n) is 11.7. The fourth-order valence-corrected chi connectivity index (χ4v) is 5.12. The van der Waals surface area contributed by atoms with Gasteiger partial charge in [-0.1, -0.05) is 11.8 Å². The molecule has 1 atom stereocenters. The quantitative estimate of drug-likeness (QED) is 0.692. The van der Waals surface area contributed by atoms with Crippen LogP contribution in [0.3, 0.4) is 0 Å². The molecule has 0 spiro atoms. The summed E-state index contributed by atoms with van der Waals surface area (Å²) in [5.41, 5.74) is 2.03. The monoisotopic (exact) mass is 363 g/mol. The van der Waals surface area contributed by atoms with Crippen LogP contribution in [0.1, 0.15) is 5.56 Å². The Morgan fingerprint density at radius 2 is 2.09 bits per heavy atom. The van der Waals surface area contributed by atoms with Gasteiger partial charge < -0.3 is 4.72 Å². The first kappa shape index (κ1) is 15.9. The van der Waals surface area contributed by atoms with Gasteiger partial charge in [-0.15, -0.1) is 11.3 Å². The Hall–Kier alpha value is -1.95. The summed E-state index contributed by atoms with van der Waals surface area (Å²) in [6.45, 7) is 0. The van der Waals surface area contributed by atoms with E-state index in [-0.39, 0.29) is 5.82 Å². The predicted molar refractivity (Wildman–Crippen MR) is 93.2 cm³/mol. The van der Waals surface area contributed by atoms with E-state index in [4.69, 9.17) is 5.26 Å². The lowest BCUT2D eigenvalue weighted by molar-refractivity contribution is 0.628. The second-order valence-electron chi connectivity index (χ2n) is 4.49. The standard InChI is InChI=1S/C15H10FN3OS3/c16-11-2-4-12(5-3-11)19-23(20)9-21-15-18-13-6-1-10(8-17)7-14(13)22-15/h1-7,19H,9H2. The van der Waals surface area contributed by atoms with E-state index in [0.29, 0.717) is 16.3 Å². The molecule has 1 unspecified atom stereocenters. The van der Waals surface area contributed by atoms with Gasteiger partial charge in [0, 0.05) is 5.69 Å². The molecular weight excluding hydrogens is 353 g/mol. The first-order chi connectivity index (χ1) is 11.1. The molecule has 0 aliphatic rings. The Bertz CT molecular complexity index is 902. The van der Waals surface area contributed by atoms with Crippen molar-refractivity contribution in [2.75, 3.05) is 9.81 Å². The molecular formula is C15H10FN3OS3. The highest BCUT2D eigenvalue weighted by atomic mass is 32.2. The Morgan fingerprint density at radius 1 is 1.30 bits per heavy atom. The molecule has 0 aliphatic carbocycles. The maximum Gasteiger partial charge on any atom is 0.152 e. The van der Waals surface area contributed by atoms with Crippen molar-refractivity contribution in [1.82, 2.24) is 4.98 Å². The number of fused-ring (bicyclic) bond motifs is 1. The van der Waals surface area contributed by atoms with Gasteiger partial charge in [-0.2, -0.15) is 5.26 Å². The van der Waals surface area contributed by atoms with Crippen LogP contribution in [0.5, 0.6) is 0 Å². The minimum atomic E-state index is -1.30. The minimum Gasteiger partial charge on any atom is -0.304 e. The van der Waals surface area contributed by atoms with E-state index in [2.05, 4.69) is 15.8 Å². The average molecular weight is 363 g/mol. The summed E-state index contributed by atoms with van der Waals surface area (Å²) in [6.07, 6.45) is 0. The van der Waals surface area contributed by atoms with Crippen LogP contribution in [0.2, 0.25) is 0 Å². The topological polar surface area (TPSA) is 65.8 Å². The summed E-state index contributed by atoms with van der Waals surface area (Å²) in [5.74, 6) is -0.332. The van der Waals surface area contributed by atoms with Crippen LogP contribution in [0, 0.1) is 17.1 Å². The summed E-state index contributed by atoms with van der Waals surface area (Å²) in [5, 5.41) is 9.22. The van der Waals surface area contributed by atoms with Crippen LogP contribution < -0.4 is 4.72 Å². The Kier molecular flexibility index (Phi) is 4.91. The third-order valence-corrected chi connectivity index (χ3v) is 6.41. The molecule has 0 amide bonds. The first-order valence-corrected chi connectivity index (χ1v) is 9.60. The van der Waals surface area contributed by atoms with E-state index in [0.717, 1.165) is 14.6 Å². The molecule has 3 aromatic rings. The zero-order chi connectivity index (χ0) is 16.2. The minimum absolute atomic E-state index is 0.322. The number of hydrogen-bond acceptors (Lipinski definition) is 5. The van der Waals surface area contributed by atoms with Crippen LogP contribution >= 0.6 is 23.1 Å². The molecule has 1 heterocycles. The maximum absolute atomic E-state index is 12.8. The Morgan fingerprint density at radius 3 is 2.83 bits per heavy atom. The van der Waals surface area contributed by atoms with Crippen molar-refractivity contribution < 1.29 is 8.60 Å². The highest BCUT2D eigenvalue weighted by molar-refractivity contribution is 8.11. The lowest BCUT2D eigenvalue weighted by atomic mass is 10.2. The molecule has 0 fully saturated rings. The number of nitriles is 1. The van der Waals surface area contributed by atoms with E-state index in [1.54, 1.807) is 24.3 Å². The predicted octanol–water partition coefficient (Wildman–Crippen LogP) is 4.13. The second kappa shape index (κ2) is 7.08. The number of thioether (sulfide) groups is 1. The van der Waals surface area contributed by atoms with Crippen molar-refractivity contribution in [3.8, 4) is 6.07 Å². The molecule has 116 valence electrons. The third kappa shape index (κ3) is 4.07. The molecule has 1 N–H and O–H groups in total. The van der Waals surface area contributed by atoms with Crippen molar-refractivity contribution in [3.63, 3.8) is 0 Å². The van der Waals surface area contributed by atoms with E-state index in [1.807, 2.05) is 6.07 Å². The number of nitrogens with one attached hydrogen (secondary N) is 1. The van der Waals surface area contributed by atoms with Crippen LogP contribution in [-0.4, -0.2) is 14.3 Å². The van der Waals surface area contributed by atoms with Gasteiger partial charge in [0.15, 0.2) is 4.34 Å². The van der Waals surface area contributed by atoms with Crippen LogP contribution in [0.4, 0.5) is 10.1 Å². The van der Waals surface area contributed by atoms with Gasteiger partial charge >= 0.3 is 0 Å². The van der Waals surface area contributed by atoms with E-state index in [9.17, 15) is 8.60 Å². The summed E-state index contributed by atoms with van der Waals surface area (Å²) in [6, 6.07) is 13.1. The van der Waals surface area contributed by atoms with Crippen LogP contribution in [-0.2, 0) is 11.0 Å². The van der Waals surface area contributed by atoms with Gasteiger partial charge in [0.1, 0.15) is 16.8 Å². The second-order valence-corrected chi connectivity index (χ2v) is 8.29. The number of rotatable bonds is 5.